The molecule has 0 amide bonds. The fourth-order valence-electron chi connectivity index (χ4n) is 2.74. The van der Waals surface area contributed by atoms with Crippen LogP contribution in [0.2, 0.25) is 0 Å². The quantitative estimate of drug-likeness (QED) is 0.756. The first-order chi connectivity index (χ1) is 11.5. The van der Waals surface area contributed by atoms with Crippen LogP contribution in [0.15, 0.2) is 41.8 Å². The van der Waals surface area contributed by atoms with Crippen molar-refractivity contribution >= 4 is 26.8 Å². The Morgan fingerprint density at radius 3 is 3.00 bits per heavy atom. The molecule has 1 atom stereocenters. The molecule has 1 N–H and O–H groups in total. The first-order valence-electron chi connectivity index (χ1n) is 7.39. The lowest BCUT2D eigenvalue weighted by atomic mass is 10.3. The molecule has 1 unspecified atom stereocenters. The van der Waals surface area contributed by atoms with Crippen molar-refractivity contribution in [3.8, 4) is 5.75 Å². The number of aromatic nitrogens is 4. The Morgan fingerprint density at radius 2 is 2.12 bits per heavy atom. The van der Waals surface area contributed by atoms with Crippen LogP contribution in [0.1, 0.15) is 0 Å². The van der Waals surface area contributed by atoms with Crippen molar-refractivity contribution in [2.75, 3.05) is 17.6 Å². The number of imidazole rings is 1. The smallest absolute Gasteiger partial charge is 0.185 e. The van der Waals surface area contributed by atoms with Gasteiger partial charge < -0.3 is 14.6 Å². The minimum Gasteiger partial charge on any atom is -0.486 e. The van der Waals surface area contributed by atoms with Crippen molar-refractivity contribution in [3.05, 3.63) is 36.9 Å². The van der Waals surface area contributed by atoms with Crippen LogP contribution in [-0.4, -0.2) is 46.3 Å². The molecule has 124 valence electrons. The van der Waals surface area contributed by atoms with Gasteiger partial charge in [0.1, 0.15) is 28.6 Å². The van der Waals surface area contributed by atoms with E-state index in [1.807, 2.05) is 7.05 Å². The number of aryl methyl sites for hydroxylation is 1. The second-order valence-corrected chi connectivity index (χ2v) is 7.60. The minimum atomic E-state index is -3.35. The average Bonchev–Trinajstić information content (AvgIpc) is 2.94. The van der Waals surface area contributed by atoms with Gasteiger partial charge in [-0.25, -0.2) is 23.4 Å². The standard InChI is InChI=1S/C15H15N5O3S/c1-20-9-19-13-14(17-8-18-15(13)20)16-6-10-7-24(21,22)12-5-3-2-4-11(12)23-10/h2-5,8-10H,6-7H2,1H3,(H,16,17,18). The van der Waals surface area contributed by atoms with Crippen LogP contribution in [0.25, 0.3) is 11.2 Å². The number of para-hydroxylation sites is 1. The Morgan fingerprint density at radius 1 is 1.29 bits per heavy atom. The molecule has 0 radical (unpaired) electrons. The van der Waals surface area contributed by atoms with Gasteiger partial charge in [0.2, 0.25) is 0 Å². The number of nitrogens with zero attached hydrogens (tertiary/aromatic N) is 4. The molecule has 0 fully saturated rings. The van der Waals surface area contributed by atoms with Gasteiger partial charge >= 0.3 is 0 Å². The van der Waals surface area contributed by atoms with Crippen molar-refractivity contribution in [3.63, 3.8) is 0 Å². The lowest BCUT2D eigenvalue weighted by molar-refractivity contribution is 0.223. The summed E-state index contributed by atoms with van der Waals surface area (Å²) in [6, 6.07) is 6.68. The third-order valence-corrected chi connectivity index (χ3v) is 5.70. The molecule has 2 aromatic heterocycles. The summed E-state index contributed by atoms with van der Waals surface area (Å²) < 4.78 is 32.3. The summed E-state index contributed by atoms with van der Waals surface area (Å²) in [4.78, 5) is 12.9. The number of hydrogen-bond acceptors (Lipinski definition) is 7. The number of nitrogens with one attached hydrogen (secondary N) is 1. The summed E-state index contributed by atoms with van der Waals surface area (Å²) in [5.41, 5.74) is 1.34. The van der Waals surface area contributed by atoms with Crippen molar-refractivity contribution in [2.24, 2.45) is 7.05 Å². The van der Waals surface area contributed by atoms with Gasteiger partial charge in [0.25, 0.3) is 0 Å². The Labute approximate surface area is 138 Å². The number of hydrogen-bond donors (Lipinski definition) is 1. The van der Waals surface area contributed by atoms with E-state index in [0.29, 0.717) is 29.3 Å². The van der Waals surface area contributed by atoms with E-state index < -0.39 is 15.9 Å². The van der Waals surface area contributed by atoms with Crippen LogP contribution >= 0.6 is 0 Å². The summed E-state index contributed by atoms with van der Waals surface area (Å²) >= 11 is 0. The van der Waals surface area contributed by atoms with Gasteiger partial charge in [-0.05, 0) is 12.1 Å². The molecule has 1 aliphatic rings. The number of ether oxygens (including phenoxy) is 1. The van der Waals surface area contributed by atoms with Crippen LogP contribution in [0.3, 0.4) is 0 Å². The van der Waals surface area contributed by atoms with E-state index in [9.17, 15) is 8.42 Å². The zero-order valence-electron chi connectivity index (χ0n) is 12.9. The molecule has 9 heteroatoms. The number of anilines is 1. The van der Waals surface area contributed by atoms with Gasteiger partial charge in [-0.1, -0.05) is 12.1 Å². The summed E-state index contributed by atoms with van der Waals surface area (Å²) in [6.07, 6.45) is 2.60. The largest absolute Gasteiger partial charge is 0.486 e. The third kappa shape index (κ3) is 2.46. The maximum atomic E-state index is 12.4. The number of rotatable bonds is 3. The molecule has 0 aliphatic carbocycles. The van der Waals surface area contributed by atoms with Crippen LogP contribution in [0.5, 0.6) is 5.75 Å². The molecule has 8 nitrogen and oxygen atoms in total. The molecular weight excluding hydrogens is 330 g/mol. The van der Waals surface area contributed by atoms with Crippen molar-refractivity contribution in [2.45, 2.75) is 11.0 Å². The van der Waals surface area contributed by atoms with E-state index in [2.05, 4.69) is 20.3 Å². The number of benzene rings is 1. The molecule has 1 aromatic carbocycles. The van der Waals surface area contributed by atoms with E-state index in [0.717, 1.165) is 0 Å². The Balaban J connectivity index is 1.57. The lowest BCUT2D eigenvalue weighted by Gasteiger charge is -2.26. The number of fused-ring (bicyclic) bond motifs is 2. The molecule has 24 heavy (non-hydrogen) atoms. The highest BCUT2D eigenvalue weighted by atomic mass is 32.2. The van der Waals surface area contributed by atoms with Crippen molar-refractivity contribution in [1.82, 2.24) is 19.5 Å². The van der Waals surface area contributed by atoms with Crippen LogP contribution in [0, 0.1) is 0 Å². The highest BCUT2D eigenvalue weighted by Crippen LogP contribution is 2.30. The molecular formula is C15H15N5O3S. The first kappa shape index (κ1) is 14.9. The molecule has 4 rings (SSSR count). The minimum absolute atomic E-state index is 0.0759. The van der Waals surface area contributed by atoms with E-state index in [-0.39, 0.29) is 10.6 Å². The Hall–Kier alpha value is -2.68. The zero-order chi connectivity index (χ0) is 16.7. The highest BCUT2D eigenvalue weighted by Gasteiger charge is 2.31. The molecule has 1 aliphatic heterocycles. The van der Waals surface area contributed by atoms with Crippen LogP contribution in [0.4, 0.5) is 5.82 Å². The molecule has 3 heterocycles. The summed E-state index contributed by atoms with van der Waals surface area (Å²) in [7, 11) is -1.50. The lowest BCUT2D eigenvalue weighted by Crippen LogP contribution is -2.37. The van der Waals surface area contributed by atoms with Gasteiger partial charge in [0.15, 0.2) is 21.3 Å². The zero-order valence-corrected chi connectivity index (χ0v) is 13.7. The van der Waals surface area contributed by atoms with Crippen molar-refractivity contribution in [1.29, 1.82) is 0 Å². The predicted molar refractivity (Wildman–Crippen MR) is 87.7 cm³/mol. The Bertz CT molecular complexity index is 1010. The topological polar surface area (TPSA) is 99.0 Å². The van der Waals surface area contributed by atoms with E-state index in [1.54, 1.807) is 35.2 Å². The maximum Gasteiger partial charge on any atom is 0.185 e. The Kier molecular flexibility index (Phi) is 3.38. The molecule has 0 saturated heterocycles. The summed E-state index contributed by atoms with van der Waals surface area (Å²) in [6.45, 7) is 0.302. The van der Waals surface area contributed by atoms with E-state index >= 15 is 0 Å². The molecule has 3 aromatic rings. The fourth-order valence-corrected chi connectivity index (χ4v) is 4.30. The molecule has 0 saturated carbocycles. The second kappa shape index (κ2) is 5.45. The number of sulfone groups is 1. The van der Waals surface area contributed by atoms with Gasteiger partial charge in [0, 0.05) is 7.05 Å². The van der Waals surface area contributed by atoms with E-state index in [4.69, 9.17) is 4.74 Å². The van der Waals surface area contributed by atoms with E-state index in [1.165, 1.54) is 6.33 Å². The maximum absolute atomic E-state index is 12.4. The monoisotopic (exact) mass is 345 g/mol. The average molecular weight is 345 g/mol. The van der Waals surface area contributed by atoms with Crippen LogP contribution < -0.4 is 10.1 Å². The van der Waals surface area contributed by atoms with Crippen molar-refractivity contribution < 1.29 is 13.2 Å². The third-order valence-electron chi connectivity index (χ3n) is 3.88. The second-order valence-electron chi connectivity index (χ2n) is 5.60. The van der Waals surface area contributed by atoms with Gasteiger partial charge in [0.05, 0.1) is 18.6 Å². The molecule has 0 bridgehead atoms. The highest BCUT2D eigenvalue weighted by molar-refractivity contribution is 7.91. The fraction of sp³-hybridized carbons (Fsp3) is 0.267. The van der Waals surface area contributed by atoms with Gasteiger partial charge in [-0.2, -0.15) is 0 Å². The van der Waals surface area contributed by atoms with Crippen LogP contribution in [-0.2, 0) is 16.9 Å². The van der Waals surface area contributed by atoms with Gasteiger partial charge in [-0.3, -0.25) is 0 Å². The molecule has 0 spiro atoms. The first-order valence-corrected chi connectivity index (χ1v) is 9.04. The summed E-state index contributed by atoms with van der Waals surface area (Å²) in [5, 5.41) is 3.12. The summed E-state index contributed by atoms with van der Waals surface area (Å²) in [5.74, 6) is 0.870. The van der Waals surface area contributed by atoms with Gasteiger partial charge in [-0.15, -0.1) is 0 Å². The SMILES string of the molecule is Cn1cnc2c(NCC3CS(=O)(=O)c4ccccc4O3)ncnc21. The predicted octanol–water partition coefficient (Wildman–Crippen LogP) is 1.01. The normalized spacial score (nSPS) is 18.8.